The summed E-state index contributed by atoms with van der Waals surface area (Å²) in [5.41, 5.74) is 1.57. The lowest BCUT2D eigenvalue weighted by atomic mass is 9.91. The first-order valence-corrected chi connectivity index (χ1v) is 13.0. The Morgan fingerprint density at radius 3 is 2.32 bits per heavy atom. The Morgan fingerprint density at radius 2 is 1.64 bits per heavy atom. The SMILES string of the molecule is CCOc1ccc(CCSSCCCCCCOC(=O)CCC(C)(C)C)cc1. The number of unbranched alkanes of at least 4 members (excludes halogenated alkanes) is 3. The molecule has 0 bridgehead atoms. The summed E-state index contributed by atoms with van der Waals surface area (Å²) in [6.07, 6.45) is 7.10. The van der Waals surface area contributed by atoms with E-state index in [1.165, 1.54) is 24.2 Å². The van der Waals surface area contributed by atoms with Crippen LogP contribution in [-0.2, 0) is 16.0 Å². The highest BCUT2D eigenvalue weighted by molar-refractivity contribution is 8.76. The number of ether oxygens (including phenoxy) is 2. The molecule has 0 amide bonds. The van der Waals surface area contributed by atoms with Gasteiger partial charge in [0, 0.05) is 17.9 Å². The van der Waals surface area contributed by atoms with Crippen LogP contribution in [-0.4, -0.2) is 30.7 Å². The summed E-state index contributed by atoms with van der Waals surface area (Å²) >= 11 is 0. The maximum Gasteiger partial charge on any atom is 0.305 e. The van der Waals surface area contributed by atoms with Crippen molar-refractivity contribution in [2.75, 3.05) is 24.7 Å². The number of hydrogen-bond donors (Lipinski definition) is 0. The lowest BCUT2D eigenvalue weighted by molar-refractivity contribution is -0.144. The Bertz CT molecular complexity index is 524. The normalized spacial score (nSPS) is 11.4. The molecule has 0 saturated carbocycles. The summed E-state index contributed by atoms with van der Waals surface area (Å²) in [6, 6.07) is 8.43. The van der Waals surface area contributed by atoms with Gasteiger partial charge >= 0.3 is 5.97 Å². The quantitative estimate of drug-likeness (QED) is 0.172. The van der Waals surface area contributed by atoms with Gasteiger partial charge in [0.05, 0.1) is 13.2 Å². The van der Waals surface area contributed by atoms with E-state index in [0.29, 0.717) is 19.6 Å². The molecule has 0 aliphatic rings. The molecule has 0 N–H and O–H groups in total. The van der Waals surface area contributed by atoms with Crippen molar-refractivity contribution in [1.29, 1.82) is 0 Å². The number of esters is 1. The van der Waals surface area contributed by atoms with Gasteiger partial charge in [0.25, 0.3) is 0 Å². The first kappa shape index (κ1) is 25.2. The Kier molecular flexibility index (Phi) is 13.6. The van der Waals surface area contributed by atoms with E-state index in [9.17, 15) is 4.79 Å². The Balaban J connectivity index is 1.88. The molecule has 0 aliphatic heterocycles. The number of carbonyl (C=O) groups is 1. The standard InChI is InChI=1S/C23H38O3S2/c1-5-25-21-12-10-20(11-13-21)15-19-28-27-18-9-7-6-8-17-26-22(24)14-16-23(2,3)4/h10-13H,5-9,14-19H2,1-4H3. The zero-order valence-electron chi connectivity index (χ0n) is 18.1. The van der Waals surface area contributed by atoms with Crippen LogP contribution in [0.25, 0.3) is 0 Å². The van der Waals surface area contributed by atoms with Crippen LogP contribution in [0, 0.1) is 5.41 Å². The molecule has 28 heavy (non-hydrogen) atoms. The lowest BCUT2D eigenvalue weighted by Crippen LogP contribution is -2.11. The zero-order chi connectivity index (χ0) is 20.7. The second-order valence-electron chi connectivity index (χ2n) is 8.17. The van der Waals surface area contributed by atoms with Crippen LogP contribution in [0.1, 0.15) is 71.8 Å². The molecule has 160 valence electrons. The van der Waals surface area contributed by atoms with Gasteiger partial charge in [0.2, 0.25) is 0 Å². The van der Waals surface area contributed by atoms with E-state index in [4.69, 9.17) is 9.47 Å². The molecular weight excluding hydrogens is 388 g/mol. The smallest absolute Gasteiger partial charge is 0.305 e. The maximum atomic E-state index is 11.6. The molecule has 0 aromatic heterocycles. The fourth-order valence-electron chi connectivity index (χ4n) is 2.55. The van der Waals surface area contributed by atoms with Gasteiger partial charge in [0.15, 0.2) is 0 Å². The second kappa shape index (κ2) is 15.1. The first-order chi connectivity index (χ1) is 13.4. The molecule has 0 fully saturated rings. The van der Waals surface area contributed by atoms with Crippen molar-refractivity contribution in [3.8, 4) is 5.75 Å². The molecule has 0 radical (unpaired) electrons. The minimum atomic E-state index is -0.0468. The molecule has 5 heteroatoms. The molecule has 0 unspecified atom stereocenters. The van der Waals surface area contributed by atoms with E-state index in [-0.39, 0.29) is 11.4 Å². The van der Waals surface area contributed by atoms with Gasteiger partial charge in [-0.25, -0.2) is 0 Å². The van der Waals surface area contributed by atoms with E-state index in [2.05, 4.69) is 45.0 Å². The van der Waals surface area contributed by atoms with Crippen LogP contribution in [0.3, 0.4) is 0 Å². The highest BCUT2D eigenvalue weighted by Gasteiger charge is 2.13. The highest BCUT2D eigenvalue weighted by Crippen LogP contribution is 2.24. The van der Waals surface area contributed by atoms with Crippen molar-refractivity contribution in [2.24, 2.45) is 5.41 Å². The van der Waals surface area contributed by atoms with Gasteiger partial charge in [-0.3, -0.25) is 4.79 Å². The zero-order valence-corrected chi connectivity index (χ0v) is 19.8. The van der Waals surface area contributed by atoms with Gasteiger partial charge in [-0.1, -0.05) is 67.3 Å². The topological polar surface area (TPSA) is 35.5 Å². The summed E-state index contributed by atoms with van der Waals surface area (Å²) in [6.45, 7) is 9.75. The number of aryl methyl sites for hydroxylation is 1. The third kappa shape index (κ3) is 14.2. The van der Waals surface area contributed by atoms with Crippen LogP contribution < -0.4 is 4.74 Å². The largest absolute Gasteiger partial charge is 0.494 e. The minimum absolute atomic E-state index is 0.0468. The summed E-state index contributed by atoms with van der Waals surface area (Å²) in [5, 5.41) is 0. The molecular formula is C23H38O3S2. The number of carbonyl (C=O) groups excluding carboxylic acids is 1. The number of benzene rings is 1. The Hall–Kier alpha value is -0.810. The average molecular weight is 427 g/mol. The van der Waals surface area contributed by atoms with Gasteiger partial charge in [-0.05, 0) is 55.7 Å². The molecule has 0 saturated heterocycles. The molecule has 3 nitrogen and oxygen atoms in total. The summed E-state index contributed by atoms with van der Waals surface area (Å²) in [4.78, 5) is 11.6. The predicted molar refractivity (Wildman–Crippen MR) is 124 cm³/mol. The van der Waals surface area contributed by atoms with Gasteiger partial charge in [-0.2, -0.15) is 0 Å². The van der Waals surface area contributed by atoms with Crippen molar-refractivity contribution in [2.45, 2.75) is 72.6 Å². The number of hydrogen-bond acceptors (Lipinski definition) is 5. The molecule has 0 atom stereocenters. The van der Waals surface area contributed by atoms with E-state index in [1.807, 2.05) is 28.5 Å². The average Bonchev–Trinajstić information content (AvgIpc) is 2.65. The van der Waals surface area contributed by atoms with Crippen LogP contribution >= 0.6 is 21.6 Å². The van der Waals surface area contributed by atoms with E-state index in [1.54, 1.807) is 0 Å². The fraction of sp³-hybridized carbons (Fsp3) is 0.696. The molecule has 1 rings (SSSR count). The Labute approximate surface area is 180 Å². The van der Waals surface area contributed by atoms with E-state index in [0.717, 1.165) is 37.2 Å². The van der Waals surface area contributed by atoms with Crippen LogP contribution in [0.2, 0.25) is 0 Å². The van der Waals surface area contributed by atoms with Crippen molar-refractivity contribution in [1.82, 2.24) is 0 Å². The van der Waals surface area contributed by atoms with Gasteiger partial charge in [-0.15, -0.1) is 0 Å². The molecule has 0 aliphatic carbocycles. The molecule has 1 aromatic carbocycles. The van der Waals surface area contributed by atoms with Crippen molar-refractivity contribution >= 4 is 27.6 Å². The van der Waals surface area contributed by atoms with Crippen LogP contribution in [0.5, 0.6) is 5.75 Å². The van der Waals surface area contributed by atoms with Crippen molar-refractivity contribution in [3.63, 3.8) is 0 Å². The van der Waals surface area contributed by atoms with E-state index >= 15 is 0 Å². The summed E-state index contributed by atoms with van der Waals surface area (Å²) < 4.78 is 10.8. The van der Waals surface area contributed by atoms with Gasteiger partial charge < -0.3 is 9.47 Å². The highest BCUT2D eigenvalue weighted by atomic mass is 33.1. The van der Waals surface area contributed by atoms with Crippen molar-refractivity contribution < 1.29 is 14.3 Å². The molecule has 1 aromatic rings. The van der Waals surface area contributed by atoms with Gasteiger partial charge in [0.1, 0.15) is 5.75 Å². The fourth-order valence-corrected chi connectivity index (χ4v) is 4.74. The lowest BCUT2D eigenvalue weighted by Gasteiger charge is -2.16. The van der Waals surface area contributed by atoms with Crippen LogP contribution in [0.15, 0.2) is 24.3 Å². The monoisotopic (exact) mass is 426 g/mol. The second-order valence-corrected chi connectivity index (χ2v) is 10.9. The third-order valence-corrected chi connectivity index (χ3v) is 6.75. The van der Waals surface area contributed by atoms with Crippen molar-refractivity contribution in [3.05, 3.63) is 29.8 Å². The third-order valence-electron chi connectivity index (χ3n) is 4.26. The minimum Gasteiger partial charge on any atom is -0.494 e. The Morgan fingerprint density at radius 1 is 0.964 bits per heavy atom. The van der Waals surface area contributed by atoms with E-state index < -0.39 is 0 Å². The summed E-state index contributed by atoms with van der Waals surface area (Å²) in [7, 11) is 3.93. The predicted octanol–water partition coefficient (Wildman–Crippen LogP) is 6.94. The first-order valence-electron chi connectivity index (χ1n) is 10.5. The van der Waals surface area contributed by atoms with Crippen LogP contribution in [0.4, 0.5) is 0 Å². The molecule has 0 spiro atoms. The summed E-state index contributed by atoms with van der Waals surface area (Å²) in [5.74, 6) is 3.24. The maximum absolute atomic E-state index is 11.6. The molecule has 0 heterocycles. The number of rotatable bonds is 15.